The van der Waals surface area contributed by atoms with Crippen LogP contribution in [0.5, 0.6) is 5.75 Å². The average molecular weight is 252 g/mol. The lowest BCUT2D eigenvalue weighted by atomic mass is 10.1. The summed E-state index contributed by atoms with van der Waals surface area (Å²) in [4.78, 5) is 4.29. The van der Waals surface area contributed by atoms with E-state index in [1.54, 1.807) is 6.20 Å². The number of ether oxygens (including phenoxy) is 2. The van der Waals surface area contributed by atoms with E-state index in [1.807, 2.05) is 39.8 Å². The molecule has 1 rings (SSSR count). The molecule has 4 heteroatoms. The second-order valence-electron chi connectivity index (χ2n) is 5.24. The van der Waals surface area contributed by atoms with Crippen LogP contribution in [0.4, 0.5) is 0 Å². The SMILES string of the molecule is CC[C@H](N)c1ccc(OCCOC(C)(C)C)cn1. The van der Waals surface area contributed by atoms with Gasteiger partial charge in [0.05, 0.1) is 24.1 Å². The van der Waals surface area contributed by atoms with Gasteiger partial charge in [-0.15, -0.1) is 0 Å². The van der Waals surface area contributed by atoms with Gasteiger partial charge in [0.15, 0.2) is 0 Å². The monoisotopic (exact) mass is 252 g/mol. The summed E-state index contributed by atoms with van der Waals surface area (Å²) in [6, 6.07) is 3.81. The van der Waals surface area contributed by atoms with Crippen molar-refractivity contribution in [3.63, 3.8) is 0 Å². The molecule has 0 spiro atoms. The quantitative estimate of drug-likeness (QED) is 0.791. The molecule has 0 saturated heterocycles. The van der Waals surface area contributed by atoms with Crippen LogP contribution in [0.1, 0.15) is 45.9 Å². The first kappa shape index (κ1) is 14.9. The van der Waals surface area contributed by atoms with Crippen molar-refractivity contribution in [1.29, 1.82) is 0 Å². The van der Waals surface area contributed by atoms with E-state index in [0.29, 0.717) is 13.2 Å². The van der Waals surface area contributed by atoms with E-state index in [-0.39, 0.29) is 11.6 Å². The first-order chi connectivity index (χ1) is 8.42. The predicted octanol–water partition coefficient (Wildman–Crippen LogP) is 2.69. The number of aromatic nitrogens is 1. The summed E-state index contributed by atoms with van der Waals surface area (Å²) in [7, 11) is 0. The Morgan fingerprint density at radius 1 is 1.28 bits per heavy atom. The summed E-state index contributed by atoms with van der Waals surface area (Å²) in [6.07, 6.45) is 2.59. The van der Waals surface area contributed by atoms with Crippen molar-refractivity contribution in [2.45, 2.75) is 45.8 Å². The van der Waals surface area contributed by atoms with E-state index < -0.39 is 0 Å². The van der Waals surface area contributed by atoms with Gasteiger partial charge in [0.2, 0.25) is 0 Å². The molecule has 2 N–H and O–H groups in total. The van der Waals surface area contributed by atoms with Gasteiger partial charge in [-0.05, 0) is 39.3 Å². The van der Waals surface area contributed by atoms with E-state index in [4.69, 9.17) is 15.2 Å². The normalized spacial score (nSPS) is 13.4. The zero-order valence-electron chi connectivity index (χ0n) is 11.8. The first-order valence-corrected chi connectivity index (χ1v) is 6.40. The maximum absolute atomic E-state index is 5.89. The topological polar surface area (TPSA) is 57.4 Å². The van der Waals surface area contributed by atoms with Gasteiger partial charge < -0.3 is 15.2 Å². The fourth-order valence-corrected chi connectivity index (χ4v) is 1.41. The zero-order chi connectivity index (χ0) is 13.6. The first-order valence-electron chi connectivity index (χ1n) is 6.40. The van der Waals surface area contributed by atoms with Gasteiger partial charge in [0.25, 0.3) is 0 Å². The van der Waals surface area contributed by atoms with Crippen LogP contribution in [0.15, 0.2) is 18.3 Å². The Hall–Kier alpha value is -1.13. The molecule has 0 aliphatic rings. The molecule has 0 aromatic carbocycles. The summed E-state index contributed by atoms with van der Waals surface area (Å²) in [6.45, 7) is 9.21. The minimum Gasteiger partial charge on any atom is -0.490 e. The highest BCUT2D eigenvalue weighted by Gasteiger charge is 2.09. The lowest BCUT2D eigenvalue weighted by Crippen LogP contribution is -2.22. The maximum atomic E-state index is 5.89. The number of hydrogen-bond acceptors (Lipinski definition) is 4. The maximum Gasteiger partial charge on any atom is 0.137 e. The summed E-state index contributed by atoms with van der Waals surface area (Å²) >= 11 is 0. The summed E-state index contributed by atoms with van der Waals surface area (Å²) in [5, 5.41) is 0. The summed E-state index contributed by atoms with van der Waals surface area (Å²) in [5.41, 5.74) is 6.66. The lowest BCUT2D eigenvalue weighted by Gasteiger charge is -2.19. The minimum atomic E-state index is -0.126. The van der Waals surface area contributed by atoms with Crippen LogP contribution in [0, 0.1) is 0 Å². The molecule has 1 heterocycles. The Morgan fingerprint density at radius 3 is 2.50 bits per heavy atom. The van der Waals surface area contributed by atoms with Gasteiger partial charge in [-0.2, -0.15) is 0 Å². The largest absolute Gasteiger partial charge is 0.490 e. The minimum absolute atomic E-state index is 0.00303. The van der Waals surface area contributed by atoms with Gasteiger partial charge >= 0.3 is 0 Å². The van der Waals surface area contributed by atoms with Gasteiger partial charge in [-0.25, -0.2) is 0 Å². The molecule has 1 aromatic heterocycles. The van der Waals surface area contributed by atoms with Gasteiger partial charge in [-0.3, -0.25) is 4.98 Å². The van der Waals surface area contributed by atoms with E-state index >= 15 is 0 Å². The van der Waals surface area contributed by atoms with Crippen molar-refractivity contribution in [3.05, 3.63) is 24.0 Å². The highest BCUT2D eigenvalue weighted by molar-refractivity contribution is 5.21. The molecule has 0 amide bonds. The summed E-state index contributed by atoms with van der Waals surface area (Å²) < 4.78 is 11.1. The Kier molecular flexibility index (Phi) is 5.56. The van der Waals surface area contributed by atoms with Crippen LogP contribution in [0.25, 0.3) is 0 Å². The predicted molar refractivity (Wildman–Crippen MR) is 72.7 cm³/mol. The average Bonchev–Trinajstić information content (AvgIpc) is 2.33. The zero-order valence-corrected chi connectivity index (χ0v) is 11.8. The second kappa shape index (κ2) is 6.71. The highest BCUT2D eigenvalue weighted by atomic mass is 16.5. The molecule has 0 bridgehead atoms. The van der Waals surface area contributed by atoms with Crippen molar-refractivity contribution in [2.24, 2.45) is 5.73 Å². The Labute approximate surface area is 110 Å². The van der Waals surface area contributed by atoms with Crippen LogP contribution < -0.4 is 10.5 Å². The smallest absolute Gasteiger partial charge is 0.137 e. The molecule has 0 unspecified atom stereocenters. The fraction of sp³-hybridized carbons (Fsp3) is 0.643. The molecule has 0 aliphatic carbocycles. The van der Waals surface area contributed by atoms with Crippen molar-refractivity contribution >= 4 is 0 Å². The number of hydrogen-bond donors (Lipinski definition) is 1. The molecular weight excluding hydrogens is 228 g/mol. The van der Waals surface area contributed by atoms with Crippen molar-refractivity contribution < 1.29 is 9.47 Å². The molecular formula is C14H24N2O2. The standard InChI is InChI=1S/C14H24N2O2/c1-5-12(15)13-7-6-11(10-16-13)17-8-9-18-14(2,3)4/h6-7,10,12H,5,8-9,15H2,1-4H3/t12-/m0/s1. The Morgan fingerprint density at radius 2 is 2.00 bits per heavy atom. The van der Waals surface area contributed by atoms with Crippen LogP contribution in [0.3, 0.4) is 0 Å². The molecule has 1 atom stereocenters. The van der Waals surface area contributed by atoms with Crippen molar-refractivity contribution in [3.8, 4) is 5.75 Å². The highest BCUT2D eigenvalue weighted by Crippen LogP contribution is 2.15. The van der Waals surface area contributed by atoms with E-state index in [1.165, 1.54) is 0 Å². The number of nitrogens with zero attached hydrogens (tertiary/aromatic N) is 1. The Bertz CT molecular complexity index is 344. The molecule has 0 radical (unpaired) electrons. The van der Waals surface area contributed by atoms with Crippen LogP contribution in [0.2, 0.25) is 0 Å². The summed E-state index contributed by atoms with van der Waals surface area (Å²) in [5.74, 6) is 0.750. The third-order valence-electron chi connectivity index (χ3n) is 2.47. The number of nitrogens with two attached hydrogens (primary N) is 1. The molecule has 0 saturated carbocycles. The number of pyridine rings is 1. The van der Waals surface area contributed by atoms with Gasteiger partial charge in [0, 0.05) is 6.04 Å². The second-order valence-corrected chi connectivity index (χ2v) is 5.24. The van der Waals surface area contributed by atoms with Gasteiger partial charge in [-0.1, -0.05) is 6.92 Å². The van der Waals surface area contributed by atoms with Crippen LogP contribution in [-0.4, -0.2) is 23.8 Å². The molecule has 0 fully saturated rings. The van der Waals surface area contributed by atoms with Crippen molar-refractivity contribution in [1.82, 2.24) is 4.98 Å². The lowest BCUT2D eigenvalue weighted by molar-refractivity contribution is -0.0163. The molecule has 18 heavy (non-hydrogen) atoms. The van der Waals surface area contributed by atoms with Crippen LogP contribution in [-0.2, 0) is 4.74 Å². The van der Waals surface area contributed by atoms with E-state index in [2.05, 4.69) is 4.98 Å². The molecule has 102 valence electrons. The van der Waals surface area contributed by atoms with Crippen LogP contribution >= 0.6 is 0 Å². The number of rotatable bonds is 6. The molecule has 0 aliphatic heterocycles. The molecule has 4 nitrogen and oxygen atoms in total. The third-order valence-corrected chi connectivity index (χ3v) is 2.47. The third kappa shape index (κ3) is 5.47. The molecule has 1 aromatic rings. The van der Waals surface area contributed by atoms with E-state index in [9.17, 15) is 0 Å². The van der Waals surface area contributed by atoms with E-state index in [0.717, 1.165) is 17.9 Å². The fourth-order valence-electron chi connectivity index (χ4n) is 1.41. The van der Waals surface area contributed by atoms with Gasteiger partial charge in [0.1, 0.15) is 12.4 Å². The van der Waals surface area contributed by atoms with Crippen molar-refractivity contribution in [2.75, 3.05) is 13.2 Å². The Balaban J connectivity index is 2.35.